The van der Waals surface area contributed by atoms with Crippen molar-refractivity contribution in [2.45, 2.75) is 44.2 Å². The van der Waals surface area contributed by atoms with E-state index in [0.29, 0.717) is 29.4 Å². The molecule has 5 nitrogen and oxygen atoms in total. The van der Waals surface area contributed by atoms with Gasteiger partial charge in [-0.3, -0.25) is 4.79 Å². The van der Waals surface area contributed by atoms with Gasteiger partial charge in [-0.25, -0.2) is 4.98 Å². The first-order valence-corrected chi connectivity index (χ1v) is 9.84. The van der Waals surface area contributed by atoms with Crippen molar-refractivity contribution >= 4 is 5.91 Å². The largest absolute Gasteiger partial charge is 0.377 e. The number of benzene rings is 1. The summed E-state index contributed by atoms with van der Waals surface area (Å²) in [6.45, 7) is 0.841. The van der Waals surface area contributed by atoms with Crippen molar-refractivity contribution < 1.29 is 9.53 Å². The standard InChI is InChI=1S/C21H25N3O2/c25-21(15-8-4-3-7-14(15)20-22-10-11-23-20)24-18-16-9-12-26-19(16)17(18)13-5-1-2-6-13/h3-4,7-8,10-11,13,16-19H,1-2,5-6,9,12H2,(H,22,23)(H,24,25)/t16-,17+,18-,19-/m0/s1. The molecular weight excluding hydrogens is 326 g/mol. The molecule has 2 N–H and O–H groups in total. The Kier molecular flexibility index (Phi) is 4.04. The van der Waals surface area contributed by atoms with E-state index in [-0.39, 0.29) is 11.9 Å². The van der Waals surface area contributed by atoms with Crippen LogP contribution in [0.5, 0.6) is 0 Å². The summed E-state index contributed by atoms with van der Waals surface area (Å²) >= 11 is 0. The lowest BCUT2D eigenvalue weighted by molar-refractivity contribution is -0.0784. The lowest BCUT2D eigenvalue weighted by Gasteiger charge is -2.50. The number of carbonyl (C=O) groups excluding carboxylic acids is 1. The zero-order valence-electron chi connectivity index (χ0n) is 14.9. The summed E-state index contributed by atoms with van der Waals surface area (Å²) in [6.07, 6.45) is 10.1. The Morgan fingerprint density at radius 2 is 2.04 bits per heavy atom. The van der Waals surface area contributed by atoms with Crippen molar-refractivity contribution in [2.24, 2.45) is 17.8 Å². The van der Waals surface area contributed by atoms with Crippen LogP contribution in [0.1, 0.15) is 42.5 Å². The minimum absolute atomic E-state index is 0.00958. The number of amides is 1. The molecule has 1 aromatic heterocycles. The number of imidazole rings is 1. The molecule has 2 aromatic rings. The Bertz CT molecular complexity index is 778. The number of H-pyrrole nitrogens is 1. The molecule has 5 heteroatoms. The Morgan fingerprint density at radius 3 is 2.85 bits per heavy atom. The minimum atomic E-state index is 0.00958. The van der Waals surface area contributed by atoms with Crippen LogP contribution in [0.4, 0.5) is 0 Å². The number of hydrogen-bond acceptors (Lipinski definition) is 3. The second-order valence-corrected chi connectivity index (χ2v) is 7.89. The molecule has 3 fully saturated rings. The predicted octanol–water partition coefficient (Wildman–Crippen LogP) is 3.40. The van der Waals surface area contributed by atoms with Gasteiger partial charge in [0.15, 0.2) is 0 Å². The first-order chi connectivity index (χ1) is 12.8. The maximum atomic E-state index is 13.1. The van der Waals surface area contributed by atoms with Gasteiger partial charge in [-0.05, 0) is 18.4 Å². The molecular formula is C21H25N3O2. The van der Waals surface area contributed by atoms with Gasteiger partial charge in [0.05, 0.1) is 11.7 Å². The normalized spacial score (nSPS) is 30.8. The summed E-state index contributed by atoms with van der Waals surface area (Å²) in [5, 5.41) is 3.37. The second-order valence-electron chi connectivity index (χ2n) is 7.89. The Balaban J connectivity index is 1.38. The highest BCUT2D eigenvalue weighted by molar-refractivity contribution is 6.00. The topological polar surface area (TPSA) is 67.0 Å². The van der Waals surface area contributed by atoms with E-state index in [9.17, 15) is 4.79 Å². The average Bonchev–Trinajstić information content (AvgIpc) is 3.42. The highest BCUT2D eigenvalue weighted by Gasteiger charge is 2.57. The number of rotatable bonds is 4. The third-order valence-electron chi connectivity index (χ3n) is 6.61. The molecule has 0 spiro atoms. The van der Waals surface area contributed by atoms with Gasteiger partial charge in [0.1, 0.15) is 5.82 Å². The molecule has 1 aliphatic heterocycles. The summed E-state index contributed by atoms with van der Waals surface area (Å²) in [4.78, 5) is 20.5. The van der Waals surface area contributed by atoms with Crippen molar-refractivity contribution in [3.63, 3.8) is 0 Å². The Labute approximate surface area is 153 Å². The first-order valence-electron chi connectivity index (χ1n) is 9.84. The van der Waals surface area contributed by atoms with Crippen LogP contribution in [0, 0.1) is 17.8 Å². The van der Waals surface area contributed by atoms with Gasteiger partial charge in [-0.15, -0.1) is 0 Å². The number of aromatic nitrogens is 2. The SMILES string of the molecule is O=C(N[C@H]1[C@@H]2CCO[C@@H]2[C@@H]1C1CCCC1)c1ccccc1-c1ncc[nH]1. The van der Waals surface area contributed by atoms with Crippen LogP contribution < -0.4 is 5.32 Å². The fraction of sp³-hybridized carbons (Fsp3) is 0.524. The van der Waals surface area contributed by atoms with Gasteiger partial charge in [0, 0.05) is 42.4 Å². The predicted molar refractivity (Wildman–Crippen MR) is 98.6 cm³/mol. The van der Waals surface area contributed by atoms with Crippen LogP contribution in [-0.4, -0.2) is 34.6 Å². The van der Waals surface area contributed by atoms with E-state index < -0.39 is 0 Å². The third kappa shape index (κ3) is 2.57. The van der Waals surface area contributed by atoms with E-state index >= 15 is 0 Å². The molecule has 5 rings (SSSR count). The van der Waals surface area contributed by atoms with Gasteiger partial charge in [0.2, 0.25) is 0 Å². The van der Waals surface area contributed by atoms with Gasteiger partial charge >= 0.3 is 0 Å². The summed E-state index contributed by atoms with van der Waals surface area (Å²) in [6, 6.07) is 7.95. The second kappa shape index (κ2) is 6.54. The average molecular weight is 351 g/mol. The molecule has 1 saturated heterocycles. The number of ether oxygens (including phenoxy) is 1. The van der Waals surface area contributed by atoms with Gasteiger partial charge < -0.3 is 15.0 Å². The van der Waals surface area contributed by atoms with Crippen molar-refractivity contribution in [1.82, 2.24) is 15.3 Å². The molecule has 2 aliphatic carbocycles. The van der Waals surface area contributed by atoms with E-state index in [2.05, 4.69) is 15.3 Å². The molecule has 0 unspecified atom stereocenters. The molecule has 136 valence electrons. The maximum absolute atomic E-state index is 13.1. The number of nitrogens with zero attached hydrogens (tertiary/aromatic N) is 1. The van der Waals surface area contributed by atoms with Gasteiger partial charge in [0.25, 0.3) is 5.91 Å². The fourth-order valence-electron chi connectivity index (χ4n) is 5.39. The molecule has 0 radical (unpaired) electrons. The van der Waals surface area contributed by atoms with E-state index in [1.807, 2.05) is 24.3 Å². The number of carbonyl (C=O) groups is 1. The zero-order chi connectivity index (χ0) is 17.5. The van der Waals surface area contributed by atoms with Crippen molar-refractivity contribution in [3.05, 3.63) is 42.2 Å². The van der Waals surface area contributed by atoms with Crippen LogP contribution >= 0.6 is 0 Å². The fourth-order valence-corrected chi connectivity index (χ4v) is 5.39. The summed E-state index contributed by atoms with van der Waals surface area (Å²) in [7, 11) is 0. The van der Waals surface area contributed by atoms with E-state index in [1.54, 1.807) is 12.4 Å². The third-order valence-corrected chi connectivity index (χ3v) is 6.61. The van der Waals surface area contributed by atoms with Crippen LogP contribution in [0.25, 0.3) is 11.4 Å². The Morgan fingerprint density at radius 1 is 1.19 bits per heavy atom. The molecule has 2 saturated carbocycles. The van der Waals surface area contributed by atoms with Crippen molar-refractivity contribution in [1.29, 1.82) is 0 Å². The summed E-state index contributed by atoms with van der Waals surface area (Å²) in [5.74, 6) is 2.43. The molecule has 1 aromatic carbocycles. The number of hydrogen-bond donors (Lipinski definition) is 2. The molecule has 0 bridgehead atoms. The summed E-state index contributed by atoms with van der Waals surface area (Å²) in [5.41, 5.74) is 1.54. The molecule has 26 heavy (non-hydrogen) atoms. The van der Waals surface area contributed by atoms with Gasteiger partial charge in [-0.1, -0.05) is 43.9 Å². The number of aromatic amines is 1. The van der Waals surface area contributed by atoms with E-state index in [1.165, 1.54) is 25.7 Å². The summed E-state index contributed by atoms with van der Waals surface area (Å²) < 4.78 is 6.01. The zero-order valence-corrected chi connectivity index (χ0v) is 14.9. The van der Waals surface area contributed by atoms with Crippen LogP contribution in [0.15, 0.2) is 36.7 Å². The first kappa shape index (κ1) is 16.1. The van der Waals surface area contributed by atoms with Crippen molar-refractivity contribution in [2.75, 3.05) is 6.61 Å². The lowest BCUT2D eigenvalue weighted by atomic mass is 9.61. The van der Waals surface area contributed by atoms with E-state index in [0.717, 1.165) is 24.4 Å². The quantitative estimate of drug-likeness (QED) is 0.887. The van der Waals surface area contributed by atoms with Gasteiger partial charge in [-0.2, -0.15) is 0 Å². The van der Waals surface area contributed by atoms with Crippen LogP contribution in [0.3, 0.4) is 0 Å². The molecule has 2 heterocycles. The van der Waals surface area contributed by atoms with E-state index in [4.69, 9.17) is 4.74 Å². The highest BCUT2D eigenvalue weighted by Crippen LogP contribution is 2.51. The minimum Gasteiger partial charge on any atom is -0.377 e. The Hall–Kier alpha value is -2.14. The molecule has 1 amide bonds. The monoisotopic (exact) mass is 351 g/mol. The van der Waals surface area contributed by atoms with Crippen molar-refractivity contribution in [3.8, 4) is 11.4 Å². The smallest absolute Gasteiger partial charge is 0.252 e. The lowest BCUT2D eigenvalue weighted by Crippen LogP contribution is -2.63. The number of fused-ring (bicyclic) bond motifs is 1. The van der Waals surface area contributed by atoms with Crippen LogP contribution in [0.2, 0.25) is 0 Å². The van der Waals surface area contributed by atoms with Crippen LogP contribution in [-0.2, 0) is 4.74 Å². The maximum Gasteiger partial charge on any atom is 0.252 e. The number of nitrogens with one attached hydrogen (secondary N) is 2. The molecule has 4 atom stereocenters. The highest BCUT2D eigenvalue weighted by atomic mass is 16.5. The molecule has 3 aliphatic rings.